The number of carbonyl (C=O) groups is 1. The number of benzene rings is 2. The molecule has 158 valence electrons. The number of hydrogen-bond donors (Lipinski definition) is 2. The maximum atomic E-state index is 12.5. The third kappa shape index (κ3) is 5.22. The molecule has 0 fully saturated rings. The van der Waals surface area contributed by atoms with Gasteiger partial charge in [0.05, 0.1) is 10.6 Å². The minimum Gasteiger partial charge on any atom is -0.430 e. The van der Waals surface area contributed by atoms with Crippen molar-refractivity contribution in [2.75, 3.05) is 15.8 Å². The Labute approximate surface area is 183 Å². The molecule has 2 N–H and O–H groups in total. The molecular formula is C21H18N4O4S2. The molecule has 10 heteroatoms. The van der Waals surface area contributed by atoms with E-state index in [0.717, 1.165) is 17.3 Å². The highest BCUT2D eigenvalue weighted by Gasteiger charge is 2.15. The van der Waals surface area contributed by atoms with Gasteiger partial charge in [-0.05, 0) is 55.5 Å². The predicted octanol–water partition coefficient (Wildman–Crippen LogP) is 4.06. The van der Waals surface area contributed by atoms with E-state index in [0.29, 0.717) is 27.8 Å². The van der Waals surface area contributed by atoms with Gasteiger partial charge < -0.3 is 9.73 Å². The van der Waals surface area contributed by atoms with Gasteiger partial charge in [-0.25, -0.2) is 13.4 Å². The summed E-state index contributed by atoms with van der Waals surface area (Å²) in [4.78, 5) is 20.6. The SMILES string of the molecule is Cc1ccc(NS(=O)(=O)c2ccc(NC(=O)CSc3nc4ncccc4o3)cc2)cc1. The number of fused-ring (bicyclic) bond motifs is 1. The van der Waals surface area contributed by atoms with E-state index >= 15 is 0 Å². The third-order valence-corrected chi connectivity index (χ3v) is 6.45. The molecule has 0 unspecified atom stereocenters. The van der Waals surface area contributed by atoms with E-state index in [1.165, 1.54) is 24.3 Å². The molecular weight excluding hydrogens is 436 g/mol. The first-order chi connectivity index (χ1) is 14.9. The van der Waals surface area contributed by atoms with E-state index in [2.05, 4.69) is 20.0 Å². The summed E-state index contributed by atoms with van der Waals surface area (Å²) >= 11 is 1.15. The Morgan fingerprint density at radius 3 is 2.45 bits per heavy atom. The first-order valence-electron chi connectivity index (χ1n) is 9.23. The zero-order chi connectivity index (χ0) is 21.8. The maximum Gasteiger partial charge on any atom is 0.261 e. The Morgan fingerprint density at radius 1 is 1.03 bits per heavy atom. The molecule has 0 aliphatic heterocycles. The number of aromatic nitrogens is 2. The van der Waals surface area contributed by atoms with Gasteiger partial charge in [-0.1, -0.05) is 29.5 Å². The van der Waals surface area contributed by atoms with Crippen molar-refractivity contribution in [2.24, 2.45) is 0 Å². The fourth-order valence-corrected chi connectivity index (χ4v) is 4.37. The average Bonchev–Trinajstić information content (AvgIpc) is 3.17. The van der Waals surface area contributed by atoms with Crippen molar-refractivity contribution in [3.05, 3.63) is 72.4 Å². The van der Waals surface area contributed by atoms with E-state index in [4.69, 9.17) is 4.42 Å². The van der Waals surface area contributed by atoms with Crippen molar-refractivity contribution < 1.29 is 17.6 Å². The fourth-order valence-electron chi connectivity index (χ4n) is 2.69. The highest BCUT2D eigenvalue weighted by atomic mass is 32.2. The number of amides is 1. The van der Waals surface area contributed by atoms with Crippen molar-refractivity contribution in [1.82, 2.24) is 9.97 Å². The fraction of sp³-hybridized carbons (Fsp3) is 0.0952. The van der Waals surface area contributed by atoms with Crippen LogP contribution in [0.25, 0.3) is 11.2 Å². The Kier molecular flexibility index (Phi) is 5.92. The Bertz CT molecular complexity index is 1280. The highest BCUT2D eigenvalue weighted by molar-refractivity contribution is 7.99. The molecule has 0 saturated heterocycles. The van der Waals surface area contributed by atoms with Crippen LogP contribution in [-0.2, 0) is 14.8 Å². The molecule has 0 aliphatic rings. The molecule has 0 aliphatic carbocycles. The van der Waals surface area contributed by atoms with Crippen LogP contribution in [0.1, 0.15) is 5.56 Å². The normalized spacial score (nSPS) is 11.4. The van der Waals surface area contributed by atoms with Gasteiger partial charge in [-0.2, -0.15) is 4.98 Å². The van der Waals surface area contributed by atoms with Crippen LogP contribution >= 0.6 is 11.8 Å². The number of nitrogens with one attached hydrogen (secondary N) is 2. The summed E-state index contributed by atoms with van der Waals surface area (Å²) < 4.78 is 33.1. The third-order valence-electron chi connectivity index (χ3n) is 4.22. The summed E-state index contributed by atoms with van der Waals surface area (Å²) in [6.45, 7) is 1.92. The quantitative estimate of drug-likeness (QED) is 0.405. The van der Waals surface area contributed by atoms with Crippen molar-refractivity contribution in [2.45, 2.75) is 17.0 Å². The summed E-state index contributed by atoms with van der Waals surface area (Å²) in [5.74, 6) is -0.185. The monoisotopic (exact) mass is 454 g/mol. The van der Waals surface area contributed by atoms with E-state index in [1.54, 1.807) is 30.5 Å². The number of oxazole rings is 1. The lowest BCUT2D eigenvalue weighted by Gasteiger charge is -2.09. The molecule has 2 heterocycles. The molecule has 1 amide bonds. The second-order valence-electron chi connectivity index (χ2n) is 6.64. The van der Waals surface area contributed by atoms with Gasteiger partial charge in [0.25, 0.3) is 15.2 Å². The molecule has 31 heavy (non-hydrogen) atoms. The molecule has 0 saturated carbocycles. The Balaban J connectivity index is 1.35. The molecule has 8 nitrogen and oxygen atoms in total. The lowest BCUT2D eigenvalue weighted by atomic mass is 10.2. The van der Waals surface area contributed by atoms with Gasteiger partial charge in [0, 0.05) is 17.6 Å². The number of aryl methyl sites for hydroxylation is 1. The van der Waals surface area contributed by atoms with Crippen molar-refractivity contribution in [3.63, 3.8) is 0 Å². The first kappa shape index (κ1) is 20.9. The van der Waals surface area contributed by atoms with Gasteiger partial charge in [-0.15, -0.1) is 0 Å². The lowest BCUT2D eigenvalue weighted by molar-refractivity contribution is -0.113. The minimum absolute atomic E-state index is 0.0852. The zero-order valence-corrected chi connectivity index (χ0v) is 18.0. The van der Waals surface area contributed by atoms with Crippen molar-refractivity contribution in [1.29, 1.82) is 0 Å². The number of nitrogens with zero attached hydrogens (tertiary/aromatic N) is 2. The Morgan fingerprint density at radius 2 is 1.74 bits per heavy atom. The van der Waals surface area contributed by atoms with Crippen LogP contribution in [0.3, 0.4) is 0 Å². The molecule has 2 aromatic carbocycles. The predicted molar refractivity (Wildman–Crippen MR) is 120 cm³/mol. The van der Waals surface area contributed by atoms with E-state index < -0.39 is 10.0 Å². The van der Waals surface area contributed by atoms with E-state index in [1.807, 2.05) is 19.1 Å². The molecule has 0 bridgehead atoms. The van der Waals surface area contributed by atoms with Crippen LogP contribution in [0.2, 0.25) is 0 Å². The number of sulfonamides is 1. The minimum atomic E-state index is -3.72. The van der Waals surface area contributed by atoms with E-state index in [-0.39, 0.29) is 16.6 Å². The number of anilines is 2. The standard InChI is InChI=1S/C21H18N4O4S2/c1-14-4-6-16(7-5-14)25-31(27,28)17-10-8-15(9-11-17)23-19(26)13-30-21-24-20-18(29-21)3-2-12-22-20/h2-12,25H,13H2,1H3,(H,23,26). The number of carbonyl (C=O) groups excluding carboxylic acids is 1. The lowest BCUT2D eigenvalue weighted by Crippen LogP contribution is -2.15. The smallest absolute Gasteiger partial charge is 0.261 e. The highest BCUT2D eigenvalue weighted by Crippen LogP contribution is 2.23. The van der Waals surface area contributed by atoms with Gasteiger partial charge in [0.2, 0.25) is 5.91 Å². The van der Waals surface area contributed by atoms with Gasteiger partial charge >= 0.3 is 0 Å². The average molecular weight is 455 g/mol. The number of pyridine rings is 1. The van der Waals surface area contributed by atoms with Crippen LogP contribution in [0.5, 0.6) is 0 Å². The first-order valence-corrected chi connectivity index (χ1v) is 11.7. The van der Waals surface area contributed by atoms with Crippen LogP contribution in [0, 0.1) is 6.92 Å². The van der Waals surface area contributed by atoms with Crippen molar-refractivity contribution in [3.8, 4) is 0 Å². The molecule has 4 rings (SSSR count). The molecule has 0 atom stereocenters. The molecule has 0 radical (unpaired) electrons. The van der Waals surface area contributed by atoms with Gasteiger partial charge in [0.1, 0.15) is 0 Å². The van der Waals surface area contributed by atoms with Gasteiger partial charge in [-0.3, -0.25) is 9.52 Å². The number of thioether (sulfide) groups is 1. The van der Waals surface area contributed by atoms with Crippen LogP contribution in [0.4, 0.5) is 11.4 Å². The van der Waals surface area contributed by atoms with Crippen LogP contribution < -0.4 is 10.0 Å². The Hall–Kier alpha value is -3.37. The maximum absolute atomic E-state index is 12.5. The van der Waals surface area contributed by atoms with Crippen LogP contribution in [0.15, 0.2) is 81.4 Å². The zero-order valence-electron chi connectivity index (χ0n) is 16.4. The van der Waals surface area contributed by atoms with E-state index in [9.17, 15) is 13.2 Å². The van der Waals surface area contributed by atoms with Crippen LogP contribution in [-0.4, -0.2) is 30.0 Å². The summed E-state index contributed by atoms with van der Waals surface area (Å²) in [6, 6.07) is 16.5. The molecule has 4 aromatic rings. The second-order valence-corrected chi connectivity index (χ2v) is 9.25. The summed E-state index contributed by atoms with van der Waals surface area (Å²) in [6.07, 6.45) is 1.62. The molecule has 2 aromatic heterocycles. The summed E-state index contributed by atoms with van der Waals surface area (Å²) in [5.41, 5.74) is 3.05. The number of rotatable bonds is 7. The molecule has 0 spiro atoms. The second kappa shape index (κ2) is 8.78. The van der Waals surface area contributed by atoms with Gasteiger partial charge in [0.15, 0.2) is 11.2 Å². The summed E-state index contributed by atoms with van der Waals surface area (Å²) in [5, 5.41) is 3.07. The van der Waals surface area contributed by atoms with Crippen molar-refractivity contribution >= 4 is 50.3 Å². The number of hydrogen-bond acceptors (Lipinski definition) is 7. The topological polar surface area (TPSA) is 114 Å². The largest absolute Gasteiger partial charge is 0.430 e. The summed E-state index contributed by atoms with van der Waals surface area (Å²) in [7, 11) is -3.72.